The molecular weight excluding hydrogens is 258 g/mol. The normalized spacial score (nSPS) is 17.6. The fourth-order valence-corrected chi connectivity index (χ4v) is 2.65. The molecule has 2 rings (SSSR count). The molecule has 6 nitrogen and oxygen atoms in total. The van der Waals surface area contributed by atoms with Crippen molar-refractivity contribution in [3.63, 3.8) is 0 Å². The van der Waals surface area contributed by atoms with Crippen LogP contribution in [0.4, 0.5) is 5.69 Å². The standard InChI is InChI=1S/C14H21N3O3/c1-15-7-5-12(6-8-15)16(2)10-11-9-13(17(19)20)3-4-14(11)18/h3-4,9,12,18H,5-8,10H2,1-2H3. The molecule has 1 aromatic carbocycles. The molecule has 1 saturated heterocycles. The maximum absolute atomic E-state index is 10.8. The van der Waals surface area contributed by atoms with Gasteiger partial charge in [-0.2, -0.15) is 0 Å². The SMILES string of the molecule is CN1CCC(N(C)Cc2cc([N+](=O)[O-])ccc2O)CC1. The van der Waals surface area contributed by atoms with Gasteiger partial charge in [0.25, 0.3) is 5.69 Å². The third kappa shape index (κ3) is 3.46. The Kier molecular flexibility index (Phi) is 4.57. The number of rotatable bonds is 4. The Morgan fingerprint density at radius 3 is 2.70 bits per heavy atom. The van der Waals surface area contributed by atoms with Crippen LogP contribution in [0.25, 0.3) is 0 Å². The van der Waals surface area contributed by atoms with Crippen LogP contribution in [0.3, 0.4) is 0 Å². The largest absolute Gasteiger partial charge is 0.508 e. The molecule has 0 aliphatic carbocycles. The lowest BCUT2D eigenvalue weighted by Gasteiger charge is -2.35. The summed E-state index contributed by atoms with van der Waals surface area (Å²) in [6.07, 6.45) is 2.17. The smallest absolute Gasteiger partial charge is 0.270 e. The van der Waals surface area contributed by atoms with Crippen molar-refractivity contribution in [3.05, 3.63) is 33.9 Å². The van der Waals surface area contributed by atoms with Gasteiger partial charge in [0.1, 0.15) is 5.75 Å². The Morgan fingerprint density at radius 2 is 2.10 bits per heavy atom. The number of hydrogen-bond donors (Lipinski definition) is 1. The minimum absolute atomic E-state index is 0.0228. The molecule has 0 atom stereocenters. The molecule has 6 heteroatoms. The van der Waals surface area contributed by atoms with E-state index in [9.17, 15) is 15.2 Å². The number of likely N-dealkylation sites (tertiary alicyclic amines) is 1. The molecule has 1 fully saturated rings. The second-order valence-electron chi connectivity index (χ2n) is 5.52. The minimum atomic E-state index is -0.432. The zero-order valence-corrected chi connectivity index (χ0v) is 12.0. The van der Waals surface area contributed by atoms with Gasteiger partial charge in [-0.25, -0.2) is 0 Å². The van der Waals surface area contributed by atoms with Gasteiger partial charge in [0.15, 0.2) is 0 Å². The van der Waals surface area contributed by atoms with Crippen LogP contribution < -0.4 is 0 Å². The van der Waals surface area contributed by atoms with Crippen LogP contribution in [0.15, 0.2) is 18.2 Å². The number of nitro benzene ring substituents is 1. The van der Waals surface area contributed by atoms with Crippen LogP contribution in [0.1, 0.15) is 18.4 Å². The van der Waals surface area contributed by atoms with Crippen molar-refractivity contribution < 1.29 is 10.0 Å². The van der Waals surface area contributed by atoms with Gasteiger partial charge in [0.05, 0.1) is 4.92 Å². The van der Waals surface area contributed by atoms with Crippen molar-refractivity contribution in [3.8, 4) is 5.75 Å². The van der Waals surface area contributed by atoms with Crippen molar-refractivity contribution in [1.29, 1.82) is 0 Å². The van der Waals surface area contributed by atoms with E-state index in [0.717, 1.165) is 25.9 Å². The van der Waals surface area contributed by atoms with Gasteiger partial charge in [0, 0.05) is 30.3 Å². The van der Waals surface area contributed by atoms with E-state index in [0.29, 0.717) is 18.2 Å². The Balaban J connectivity index is 2.05. The summed E-state index contributed by atoms with van der Waals surface area (Å²) in [6, 6.07) is 4.65. The summed E-state index contributed by atoms with van der Waals surface area (Å²) in [7, 11) is 4.12. The van der Waals surface area contributed by atoms with E-state index in [-0.39, 0.29) is 11.4 Å². The Morgan fingerprint density at radius 1 is 1.45 bits per heavy atom. The Hall–Kier alpha value is -1.66. The third-order valence-corrected chi connectivity index (χ3v) is 4.01. The Labute approximate surface area is 118 Å². The van der Waals surface area contributed by atoms with Gasteiger partial charge in [-0.05, 0) is 46.1 Å². The van der Waals surface area contributed by atoms with Crippen LogP contribution in [0.2, 0.25) is 0 Å². The minimum Gasteiger partial charge on any atom is -0.508 e. The molecule has 0 aromatic heterocycles. The highest BCUT2D eigenvalue weighted by Gasteiger charge is 2.21. The van der Waals surface area contributed by atoms with E-state index in [1.165, 1.54) is 18.2 Å². The van der Waals surface area contributed by atoms with Gasteiger partial charge in [-0.15, -0.1) is 0 Å². The lowest BCUT2D eigenvalue weighted by Crippen LogP contribution is -2.41. The number of hydrogen-bond acceptors (Lipinski definition) is 5. The Bertz CT molecular complexity index is 485. The van der Waals surface area contributed by atoms with Crippen LogP contribution in [-0.2, 0) is 6.54 Å². The lowest BCUT2D eigenvalue weighted by atomic mass is 10.0. The van der Waals surface area contributed by atoms with Gasteiger partial charge in [-0.1, -0.05) is 0 Å². The lowest BCUT2D eigenvalue weighted by molar-refractivity contribution is -0.385. The number of phenolic OH excluding ortho intramolecular Hbond substituents is 1. The third-order valence-electron chi connectivity index (χ3n) is 4.01. The van der Waals surface area contributed by atoms with E-state index < -0.39 is 4.92 Å². The van der Waals surface area contributed by atoms with E-state index in [2.05, 4.69) is 16.8 Å². The van der Waals surface area contributed by atoms with Crippen LogP contribution in [0, 0.1) is 10.1 Å². The van der Waals surface area contributed by atoms with Crippen molar-refractivity contribution in [2.45, 2.75) is 25.4 Å². The second-order valence-corrected chi connectivity index (χ2v) is 5.52. The average Bonchev–Trinajstić information content (AvgIpc) is 2.41. The molecule has 0 amide bonds. The molecular formula is C14H21N3O3. The first kappa shape index (κ1) is 14.7. The number of phenols is 1. The number of nitrogens with zero attached hydrogens (tertiary/aromatic N) is 3. The zero-order valence-electron chi connectivity index (χ0n) is 12.0. The molecule has 20 heavy (non-hydrogen) atoms. The van der Waals surface area contributed by atoms with Crippen molar-refractivity contribution in [2.24, 2.45) is 0 Å². The average molecular weight is 279 g/mol. The first-order valence-electron chi connectivity index (χ1n) is 6.82. The summed E-state index contributed by atoms with van der Waals surface area (Å²) in [5.41, 5.74) is 0.634. The molecule has 110 valence electrons. The molecule has 1 N–H and O–H groups in total. The van der Waals surface area contributed by atoms with Gasteiger partial charge in [0.2, 0.25) is 0 Å². The van der Waals surface area contributed by atoms with E-state index >= 15 is 0 Å². The predicted molar refractivity (Wildman–Crippen MR) is 76.7 cm³/mol. The summed E-state index contributed by atoms with van der Waals surface area (Å²) < 4.78 is 0. The fourth-order valence-electron chi connectivity index (χ4n) is 2.65. The monoisotopic (exact) mass is 279 g/mol. The van der Waals surface area contributed by atoms with E-state index in [4.69, 9.17) is 0 Å². The number of non-ortho nitro benzene ring substituents is 1. The van der Waals surface area contributed by atoms with Crippen LogP contribution in [0.5, 0.6) is 5.75 Å². The van der Waals surface area contributed by atoms with E-state index in [1.54, 1.807) is 0 Å². The highest BCUT2D eigenvalue weighted by molar-refractivity contribution is 5.42. The van der Waals surface area contributed by atoms with Crippen molar-refractivity contribution in [1.82, 2.24) is 9.80 Å². The quantitative estimate of drug-likeness (QED) is 0.672. The van der Waals surface area contributed by atoms with Crippen molar-refractivity contribution >= 4 is 5.69 Å². The maximum atomic E-state index is 10.8. The number of piperidine rings is 1. The molecule has 0 saturated carbocycles. The number of benzene rings is 1. The van der Waals surface area contributed by atoms with Gasteiger partial charge < -0.3 is 10.0 Å². The van der Waals surface area contributed by atoms with Gasteiger partial charge in [-0.3, -0.25) is 15.0 Å². The fraction of sp³-hybridized carbons (Fsp3) is 0.571. The molecule has 0 unspecified atom stereocenters. The first-order chi connectivity index (χ1) is 9.47. The topological polar surface area (TPSA) is 69.9 Å². The summed E-state index contributed by atoms with van der Waals surface area (Å²) >= 11 is 0. The summed E-state index contributed by atoms with van der Waals surface area (Å²) in [4.78, 5) is 14.8. The molecule has 0 radical (unpaired) electrons. The van der Waals surface area contributed by atoms with Crippen molar-refractivity contribution in [2.75, 3.05) is 27.2 Å². The highest BCUT2D eigenvalue weighted by atomic mass is 16.6. The molecule has 0 spiro atoms. The van der Waals surface area contributed by atoms with Crippen LogP contribution >= 0.6 is 0 Å². The summed E-state index contributed by atoms with van der Waals surface area (Å²) in [5, 5.41) is 20.6. The van der Waals surface area contributed by atoms with Gasteiger partial charge >= 0.3 is 0 Å². The molecule has 1 aliphatic heterocycles. The number of nitro groups is 1. The van der Waals surface area contributed by atoms with Crippen LogP contribution in [-0.4, -0.2) is 53.1 Å². The summed E-state index contributed by atoms with van der Waals surface area (Å²) in [6.45, 7) is 2.66. The predicted octanol–water partition coefficient (Wildman–Crippen LogP) is 1.83. The summed E-state index contributed by atoms with van der Waals surface area (Å²) in [5.74, 6) is 0.121. The highest BCUT2D eigenvalue weighted by Crippen LogP contribution is 2.25. The molecule has 1 aromatic rings. The second kappa shape index (κ2) is 6.19. The van der Waals surface area contributed by atoms with E-state index in [1.807, 2.05) is 7.05 Å². The number of aromatic hydroxyl groups is 1. The molecule has 0 bridgehead atoms. The first-order valence-corrected chi connectivity index (χ1v) is 6.82. The maximum Gasteiger partial charge on any atom is 0.270 e. The zero-order chi connectivity index (χ0) is 14.7. The molecule has 1 aliphatic rings. The molecule has 1 heterocycles.